The number of ether oxygens (including phenoxy) is 7. The van der Waals surface area contributed by atoms with Crippen LogP contribution in [0.15, 0.2) is 12.7 Å². The van der Waals surface area contributed by atoms with Crippen LogP contribution in [0.1, 0.15) is 20.8 Å². The van der Waals surface area contributed by atoms with E-state index >= 15 is 0 Å². The fourth-order valence-electron chi connectivity index (χ4n) is 2.06. The Bertz CT molecular complexity index is 415. The van der Waals surface area contributed by atoms with E-state index in [9.17, 15) is 0 Å². The molecule has 0 heterocycles. The van der Waals surface area contributed by atoms with Crippen LogP contribution in [0.2, 0.25) is 18.1 Å². The van der Waals surface area contributed by atoms with E-state index in [-0.39, 0.29) is 5.04 Å². The van der Waals surface area contributed by atoms with Gasteiger partial charge in [-0.1, -0.05) is 26.8 Å². The molecule has 0 aromatic carbocycles. The summed E-state index contributed by atoms with van der Waals surface area (Å²) in [6, 6.07) is 0. The highest BCUT2D eigenvalue weighted by Crippen LogP contribution is 2.36. The maximum absolute atomic E-state index is 6.06. The minimum Gasteiger partial charge on any atom is -0.414 e. The third kappa shape index (κ3) is 20.3. The van der Waals surface area contributed by atoms with Gasteiger partial charge in [-0.25, -0.2) is 0 Å². The Balaban J connectivity index is 3.16. The molecule has 0 N–H and O–H groups in total. The van der Waals surface area contributed by atoms with Gasteiger partial charge in [0.05, 0.1) is 99.1 Å². The first-order valence-corrected chi connectivity index (χ1v) is 14.5. The largest absolute Gasteiger partial charge is 0.414 e. The van der Waals surface area contributed by atoms with Crippen LogP contribution in [0.4, 0.5) is 0 Å². The van der Waals surface area contributed by atoms with Gasteiger partial charge < -0.3 is 37.6 Å². The lowest BCUT2D eigenvalue weighted by Gasteiger charge is -2.36. The molecular weight excluding hydrogens is 432 g/mol. The molecule has 0 atom stereocenters. The van der Waals surface area contributed by atoms with Crippen LogP contribution in [0.5, 0.6) is 0 Å². The topological polar surface area (TPSA) is 73.8 Å². The number of hydrogen-bond acceptors (Lipinski definition) is 8. The second-order valence-electron chi connectivity index (χ2n) is 8.65. The molecule has 0 aromatic heterocycles. The van der Waals surface area contributed by atoms with E-state index in [0.717, 1.165) is 0 Å². The first-order valence-electron chi connectivity index (χ1n) is 11.6. The smallest absolute Gasteiger partial charge is 0.192 e. The highest BCUT2D eigenvalue weighted by molar-refractivity contribution is 6.74. The molecule has 0 aliphatic heterocycles. The van der Waals surface area contributed by atoms with Gasteiger partial charge >= 0.3 is 0 Å². The average molecular weight is 481 g/mol. The highest BCUT2D eigenvalue weighted by atomic mass is 28.4. The van der Waals surface area contributed by atoms with Crippen molar-refractivity contribution in [3.05, 3.63) is 12.7 Å². The van der Waals surface area contributed by atoms with Gasteiger partial charge in [0.1, 0.15) is 0 Å². The van der Waals surface area contributed by atoms with Crippen LogP contribution in [-0.2, 0) is 37.6 Å². The van der Waals surface area contributed by atoms with Gasteiger partial charge in [0.15, 0.2) is 8.32 Å². The SMILES string of the molecule is C=CCOCCOCCOCCOCCOCCOCCOCCO[Si](C)(C)C(C)(C)C. The molecule has 0 spiro atoms. The van der Waals surface area contributed by atoms with Crippen molar-refractivity contribution in [2.75, 3.05) is 99.1 Å². The molecule has 0 bridgehead atoms. The zero-order valence-corrected chi connectivity index (χ0v) is 22.2. The van der Waals surface area contributed by atoms with Crippen molar-refractivity contribution in [2.24, 2.45) is 0 Å². The third-order valence-electron chi connectivity index (χ3n) is 4.96. The predicted octanol–water partition coefficient (Wildman–Crippen LogP) is 3.31. The Morgan fingerprint density at radius 1 is 0.531 bits per heavy atom. The standard InChI is InChI=1S/C23H48O8Si/c1-7-8-24-9-10-25-11-12-26-13-14-27-15-16-28-17-18-29-19-20-30-21-22-31-32(5,6)23(2,3)4/h7H,1,8-22H2,2-6H3. The Morgan fingerprint density at radius 3 is 1.09 bits per heavy atom. The van der Waals surface area contributed by atoms with Crippen LogP contribution >= 0.6 is 0 Å². The van der Waals surface area contributed by atoms with Crippen molar-refractivity contribution in [1.82, 2.24) is 0 Å². The lowest BCUT2D eigenvalue weighted by Crippen LogP contribution is -2.41. The van der Waals surface area contributed by atoms with Crippen LogP contribution in [0.3, 0.4) is 0 Å². The van der Waals surface area contributed by atoms with E-state index in [2.05, 4.69) is 40.4 Å². The van der Waals surface area contributed by atoms with Gasteiger partial charge in [-0.3, -0.25) is 0 Å². The van der Waals surface area contributed by atoms with Crippen LogP contribution in [-0.4, -0.2) is 107 Å². The Morgan fingerprint density at radius 2 is 0.812 bits per heavy atom. The van der Waals surface area contributed by atoms with Gasteiger partial charge in [-0.15, -0.1) is 6.58 Å². The monoisotopic (exact) mass is 480 g/mol. The summed E-state index contributed by atoms with van der Waals surface area (Å²) in [5.41, 5.74) is 0. The maximum Gasteiger partial charge on any atom is 0.192 e. The predicted molar refractivity (Wildman–Crippen MR) is 129 cm³/mol. The molecule has 192 valence electrons. The molecule has 0 fully saturated rings. The summed E-state index contributed by atoms with van der Waals surface area (Å²) in [6.45, 7) is 23.2. The summed E-state index contributed by atoms with van der Waals surface area (Å²) < 4.78 is 44.0. The van der Waals surface area contributed by atoms with Crippen molar-refractivity contribution in [3.8, 4) is 0 Å². The Labute approximate surface area is 196 Å². The molecule has 0 rings (SSSR count). The second kappa shape index (κ2) is 21.2. The molecule has 0 aromatic rings. The second-order valence-corrected chi connectivity index (χ2v) is 13.5. The minimum atomic E-state index is -1.68. The van der Waals surface area contributed by atoms with Crippen molar-refractivity contribution in [2.45, 2.75) is 38.9 Å². The summed E-state index contributed by atoms with van der Waals surface area (Å²) >= 11 is 0. The van der Waals surface area contributed by atoms with Crippen LogP contribution in [0, 0.1) is 0 Å². The van der Waals surface area contributed by atoms with Gasteiger partial charge in [0.2, 0.25) is 0 Å². The molecule has 0 amide bonds. The van der Waals surface area contributed by atoms with Crippen LogP contribution in [0.25, 0.3) is 0 Å². The molecule has 9 heteroatoms. The molecule has 0 unspecified atom stereocenters. The molecule has 8 nitrogen and oxygen atoms in total. The van der Waals surface area contributed by atoms with Crippen molar-refractivity contribution < 1.29 is 37.6 Å². The van der Waals surface area contributed by atoms with Crippen molar-refractivity contribution in [3.63, 3.8) is 0 Å². The molecule has 0 saturated carbocycles. The lowest BCUT2D eigenvalue weighted by molar-refractivity contribution is -0.0206. The van der Waals surface area contributed by atoms with E-state index in [0.29, 0.717) is 99.1 Å². The van der Waals surface area contributed by atoms with E-state index < -0.39 is 8.32 Å². The fraction of sp³-hybridized carbons (Fsp3) is 0.913. The number of rotatable bonds is 24. The normalized spacial score (nSPS) is 12.4. The summed E-state index contributed by atoms with van der Waals surface area (Å²) in [7, 11) is -1.68. The maximum atomic E-state index is 6.06. The van der Waals surface area contributed by atoms with Gasteiger partial charge in [0, 0.05) is 0 Å². The zero-order valence-electron chi connectivity index (χ0n) is 21.2. The fourth-order valence-corrected chi connectivity index (χ4v) is 3.09. The summed E-state index contributed by atoms with van der Waals surface area (Å²) in [6.07, 6.45) is 1.72. The van der Waals surface area contributed by atoms with E-state index in [1.54, 1.807) is 6.08 Å². The van der Waals surface area contributed by atoms with Crippen molar-refractivity contribution in [1.29, 1.82) is 0 Å². The quantitative estimate of drug-likeness (QED) is 0.118. The zero-order chi connectivity index (χ0) is 24.0. The molecular formula is C23H48O8Si. The lowest BCUT2D eigenvalue weighted by atomic mass is 10.2. The van der Waals surface area contributed by atoms with Gasteiger partial charge in [0.25, 0.3) is 0 Å². The molecule has 32 heavy (non-hydrogen) atoms. The minimum absolute atomic E-state index is 0.228. The molecule has 0 aliphatic rings. The summed E-state index contributed by atoms with van der Waals surface area (Å²) in [5, 5.41) is 0.228. The first-order chi connectivity index (χ1) is 15.3. The summed E-state index contributed by atoms with van der Waals surface area (Å²) in [5.74, 6) is 0. The molecule has 0 saturated heterocycles. The summed E-state index contributed by atoms with van der Waals surface area (Å²) in [4.78, 5) is 0. The average Bonchev–Trinajstić information content (AvgIpc) is 2.73. The number of hydrogen-bond donors (Lipinski definition) is 0. The Hall–Kier alpha value is -0.363. The molecule has 0 radical (unpaired) electrons. The van der Waals surface area contributed by atoms with Gasteiger partial charge in [-0.05, 0) is 18.1 Å². The third-order valence-corrected chi connectivity index (χ3v) is 9.50. The van der Waals surface area contributed by atoms with Crippen LogP contribution < -0.4 is 0 Å². The van der Waals surface area contributed by atoms with Gasteiger partial charge in [-0.2, -0.15) is 0 Å². The van der Waals surface area contributed by atoms with Crippen molar-refractivity contribution >= 4 is 8.32 Å². The molecule has 0 aliphatic carbocycles. The van der Waals surface area contributed by atoms with E-state index in [1.165, 1.54) is 0 Å². The Kier molecular flexibility index (Phi) is 20.9. The van der Waals surface area contributed by atoms with E-state index in [1.807, 2.05) is 0 Å². The van der Waals surface area contributed by atoms with E-state index in [4.69, 9.17) is 37.6 Å². The highest BCUT2D eigenvalue weighted by Gasteiger charge is 2.36. The first kappa shape index (κ1) is 31.6.